The predicted octanol–water partition coefficient (Wildman–Crippen LogP) is 4.50. The minimum atomic E-state index is -0.245. The number of benzene rings is 1. The number of pyridine rings is 1. The van der Waals surface area contributed by atoms with Gasteiger partial charge in [-0.2, -0.15) is 0 Å². The molecule has 158 valence electrons. The zero-order valence-corrected chi connectivity index (χ0v) is 18.1. The molecular weight excluding hydrogens is 400 g/mol. The molecule has 0 aliphatic heterocycles. The minimum absolute atomic E-state index is 0.245. The number of nitrogens with zero attached hydrogens (tertiary/aromatic N) is 3. The molecule has 0 aliphatic carbocycles. The SMILES string of the molecule is CCC(C)N(Cc1cccc(Cl)c1)Cc1nc(C(=O)NCCc2ccccn2)co1. The van der Waals surface area contributed by atoms with Crippen LogP contribution in [0.3, 0.4) is 0 Å². The van der Waals surface area contributed by atoms with Gasteiger partial charge in [-0.1, -0.05) is 36.7 Å². The normalized spacial score (nSPS) is 12.1. The Bertz CT molecular complexity index is 945. The van der Waals surface area contributed by atoms with E-state index < -0.39 is 0 Å². The van der Waals surface area contributed by atoms with Crippen LogP contribution in [0.25, 0.3) is 0 Å². The van der Waals surface area contributed by atoms with E-state index >= 15 is 0 Å². The lowest BCUT2D eigenvalue weighted by molar-refractivity contribution is 0.0949. The van der Waals surface area contributed by atoms with E-state index in [1.807, 2.05) is 36.4 Å². The molecule has 2 aromatic heterocycles. The van der Waals surface area contributed by atoms with E-state index in [1.165, 1.54) is 6.26 Å². The lowest BCUT2D eigenvalue weighted by Gasteiger charge is -2.27. The second kappa shape index (κ2) is 10.9. The molecule has 3 aromatic rings. The molecule has 0 saturated heterocycles. The average Bonchev–Trinajstić information content (AvgIpc) is 3.22. The van der Waals surface area contributed by atoms with Crippen molar-refractivity contribution in [3.8, 4) is 0 Å². The van der Waals surface area contributed by atoms with Crippen LogP contribution in [0.5, 0.6) is 0 Å². The maximum atomic E-state index is 12.4. The van der Waals surface area contributed by atoms with Crippen LogP contribution in [0.2, 0.25) is 5.02 Å². The lowest BCUT2D eigenvalue weighted by Crippen LogP contribution is -2.32. The van der Waals surface area contributed by atoms with Crippen molar-refractivity contribution < 1.29 is 9.21 Å². The summed E-state index contributed by atoms with van der Waals surface area (Å²) in [6, 6.07) is 13.9. The zero-order valence-electron chi connectivity index (χ0n) is 17.3. The smallest absolute Gasteiger partial charge is 0.273 e. The molecule has 0 fully saturated rings. The first-order valence-corrected chi connectivity index (χ1v) is 10.5. The third kappa shape index (κ3) is 6.40. The Morgan fingerprint density at radius 2 is 2.10 bits per heavy atom. The number of hydrogen-bond acceptors (Lipinski definition) is 5. The number of amides is 1. The summed E-state index contributed by atoms with van der Waals surface area (Å²) in [5, 5.41) is 3.58. The molecule has 7 heteroatoms. The summed E-state index contributed by atoms with van der Waals surface area (Å²) in [6.45, 7) is 6.04. The number of halogens is 1. The molecule has 3 rings (SSSR count). The molecule has 2 heterocycles. The molecule has 0 bridgehead atoms. The van der Waals surface area contributed by atoms with E-state index in [0.717, 1.165) is 29.2 Å². The number of carbonyl (C=O) groups excluding carboxylic acids is 1. The molecule has 0 saturated carbocycles. The number of rotatable bonds is 10. The first kappa shape index (κ1) is 22.0. The Morgan fingerprint density at radius 3 is 2.83 bits per heavy atom. The van der Waals surface area contributed by atoms with Crippen molar-refractivity contribution in [2.24, 2.45) is 0 Å². The topological polar surface area (TPSA) is 71.3 Å². The van der Waals surface area contributed by atoms with Gasteiger partial charge < -0.3 is 9.73 Å². The fourth-order valence-electron chi connectivity index (χ4n) is 3.10. The minimum Gasteiger partial charge on any atom is -0.447 e. The summed E-state index contributed by atoms with van der Waals surface area (Å²) in [6.07, 6.45) is 4.81. The first-order chi connectivity index (χ1) is 14.5. The van der Waals surface area contributed by atoms with Crippen LogP contribution in [-0.2, 0) is 19.5 Å². The van der Waals surface area contributed by atoms with Gasteiger partial charge in [-0.15, -0.1) is 0 Å². The highest BCUT2D eigenvalue weighted by Crippen LogP contribution is 2.18. The van der Waals surface area contributed by atoms with Crippen LogP contribution in [0.4, 0.5) is 0 Å². The zero-order chi connectivity index (χ0) is 21.3. The first-order valence-electron chi connectivity index (χ1n) is 10.2. The molecule has 1 aromatic carbocycles. The fraction of sp³-hybridized carbons (Fsp3) is 0.348. The second-order valence-corrected chi connectivity index (χ2v) is 7.68. The number of nitrogens with one attached hydrogen (secondary N) is 1. The maximum Gasteiger partial charge on any atom is 0.273 e. The summed E-state index contributed by atoms with van der Waals surface area (Å²) >= 11 is 6.12. The summed E-state index contributed by atoms with van der Waals surface area (Å²) in [5.41, 5.74) is 2.35. The molecule has 1 N–H and O–H groups in total. The molecule has 6 nitrogen and oxygen atoms in total. The van der Waals surface area contributed by atoms with E-state index in [0.29, 0.717) is 31.4 Å². The fourth-order valence-corrected chi connectivity index (χ4v) is 3.31. The summed E-state index contributed by atoms with van der Waals surface area (Å²) in [5.74, 6) is 0.276. The molecule has 1 amide bonds. The van der Waals surface area contributed by atoms with Crippen LogP contribution < -0.4 is 5.32 Å². The van der Waals surface area contributed by atoms with Gasteiger partial charge in [0.2, 0.25) is 5.89 Å². The van der Waals surface area contributed by atoms with Crippen molar-refractivity contribution in [3.05, 3.63) is 82.8 Å². The number of hydrogen-bond donors (Lipinski definition) is 1. The Morgan fingerprint density at radius 1 is 1.23 bits per heavy atom. The van der Waals surface area contributed by atoms with Crippen molar-refractivity contribution in [1.29, 1.82) is 0 Å². The van der Waals surface area contributed by atoms with Crippen LogP contribution in [0, 0.1) is 0 Å². The van der Waals surface area contributed by atoms with E-state index in [-0.39, 0.29) is 11.6 Å². The molecule has 0 aliphatic rings. The molecular formula is C23H27ClN4O2. The third-order valence-electron chi connectivity index (χ3n) is 5.00. The average molecular weight is 427 g/mol. The van der Waals surface area contributed by atoms with Gasteiger partial charge in [0.05, 0.1) is 6.54 Å². The van der Waals surface area contributed by atoms with Crippen molar-refractivity contribution in [2.45, 2.75) is 45.8 Å². The highest BCUT2D eigenvalue weighted by atomic mass is 35.5. The van der Waals surface area contributed by atoms with E-state index in [9.17, 15) is 4.79 Å². The molecule has 0 radical (unpaired) electrons. The van der Waals surface area contributed by atoms with Crippen molar-refractivity contribution in [2.75, 3.05) is 6.54 Å². The van der Waals surface area contributed by atoms with Gasteiger partial charge in [0.1, 0.15) is 6.26 Å². The summed E-state index contributed by atoms with van der Waals surface area (Å²) < 4.78 is 5.58. The van der Waals surface area contributed by atoms with Crippen LogP contribution >= 0.6 is 11.6 Å². The van der Waals surface area contributed by atoms with Gasteiger partial charge in [0.15, 0.2) is 5.69 Å². The second-order valence-electron chi connectivity index (χ2n) is 7.25. The van der Waals surface area contributed by atoms with E-state index in [2.05, 4.69) is 40.1 Å². The number of aromatic nitrogens is 2. The highest BCUT2D eigenvalue weighted by molar-refractivity contribution is 6.30. The van der Waals surface area contributed by atoms with Crippen molar-refractivity contribution in [1.82, 2.24) is 20.2 Å². The van der Waals surface area contributed by atoms with Gasteiger partial charge in [0.25, 0.3) is 5.91 Å². The van der Waals surface area contributed by atoms with Gasteiger partial charge in [0, 0.05) is 42.5 Å². The monoisotopic (exact) mass is 426 g/mol. The summed E-state index contributed by atoms with van der Waals surface area (Å²) in [4.78, 5) is 23.3. The maximum absolute atomic E-state index is 12.4. The van der Waals surface area contributed by atoms with Gasteiger partial charge in [-0.25, -0.2) is 4.98 Å². The Kier molecular flexibility index (Phi) is 7.99. The van der Waals surface area contributed by atoms with Crippen LogP contribution in [-0.4, -0.2) is 33.4 Å². The van der Waals surface area contributed by atoms with Crippen LogP contribution in [0.1, 0.15) is 47.9 Å². The lowest BCUT2D eigenvalue weighted by atomic mass is 10.1. The van der Waals surface area contributed by atoms with Gasteiger partial charge in [-0.3, -0.25) is 14.7 Å². The predicted molar refractivity (Wildman–Crippen MR) is 117 cm³/mol. The standard InChI is InChI=1S/C23H27ClN4O2/c1-3-17(2)28(14-18-7-6-8-19(24)13-18)15-22-27-21(16-30-22)23(29)26-12-10-20-9-4-5-11-25-20/h4-9,11,13,16-17H,3,10,12,14-15H2,1-2H3,(H,26,29). The Hall–Kier alpha value is -2.70. The number of carbonyl (C=O) groups is 1. The van der Waals surface area contributed by atoms with Gasteiger partial charge >= 0.3 is 0 Å². The van der Waals surface area contributed by atoms with Crippen molar-refractivity contribution in [3.63, 3.8) is 0 Å². The molecule has 1 unspecified atom stereocenters. The summed E-state index contributed by atoms with van der Waals surface area (Å²) in [7, 11) is 0. The largest absolute Gasteiger partial charge is 0.447 e. The van der Waals surface area contributed by atoms with Gasteiger partial charge in [-0.05, 0) is 43.2 Å². The van der Waals surface area contributed by atoms with E-state index in [4.69, 9.17) is 16.0 Å². The molecule has 1 atom stereocenters. The Balaban J connectivity index is 1.58. The quantitative estimate of drug-likeness (QED) is 0.517. The van der Waals surface area contributed by atoms with E-state index in [1.54, 1.807) is 6.20 Å². The highest BCUT2D eigenvalue weighted by Gasteiger charge is 2.18. The molecule has 30 heavy (non-hydrogen) atoms. The van der Waals surface area contributed by atoms with Crippen LogP contribution in [0.15, 0.2) is 59.3 Å². The Labute approximate surface area is 182 Å². The third-order valence-corrected chi connectivity index (χ3v) is 5.24. The van der Waals surface area contributed by atoms with Crippen molar-refractivity contribution >= 4 is 17.5 Å². The molecule has 0 spiro atoms. The number of oxazole rings is 1.